The molecule has 0 atom stereocenters. The maximum absolute atomic E-state index is 11.6. The minimum atomic E-state index is -0.537. The number of hydrogen-bond donors (Lipinski definition) is 1. The van der Waals surface area contributed by atoms with Crippen LogP contribution in [0.15, 0.2) is 34.8 Å². The molecule has 0 aromatic heterocycles. The van der Waals surface area contributed by atoms with Gasteiger partial charge >= 0.3 is 5.97 Å². The van der Waals surface area contributed by atoms with Gasteiger partial charge in [-0.3, -0.25) is 0 Å². The summed E-state index contributed by atoms with van der Waals surface area (Å²) < 4.78 is 10.6. The Hall–Kier alpha value is -2.31. The van der Waals surface area contributed by atoms with Crippen LogP contribution in [0.2, 0.25) is 0 Å². The summed E-state index contributed by atoms with van der Waals surface area (Å²) in [7, 11) is 0. The number of nitrogens with two attached hydrogens (primary N) is 1. The van der Waals surface area contributed by atoms with Crippen LogP contribution in [-0.2, 0) is 21.0 Å². The third kappa shape index (κ3) is 6.03. The zero-order valence-electron chi connectivity index (χ0n) is 11.8. The smallest absolute Gasteiger partial charge is 0.344 e. The average Bonchev–Trinajstić information content (AvgIpc) is 2.36. The van der Waals surface area contributed by atoms with Gasteiger partial charge in [-0.1, -0.05) is 18.2 Å². The molecule has 1 aromatic carbocycles. The molecule has 2 N–H and O–H groups in total. The molecule has 0 bridgehead atoms. The van der Waals surface area contributed by atoms with E-state index in [1.807, 2.05) is 6.07 Å². The molecule has 0 unspecified atom stereocenters. The molecular weight excluding hydrogens is 262 g/mol. The fraction of sp³-hybridized carbons (Fsp3) is 0.462. The standard InChI is InChI=1S/C13H19N3O4/c1-13(2,3)20-12(17)9-18-11-7-5-4-6-10(11)8-19-16-15-14/h4-7H,8-9H2,1-3H3,(H2,14,16). The zero-order chi connectivity index (χ0) is 15.0. The van der Waals surface area contributed by atoms with Crippen molar-refractivity contribution in [3.63, 3.8) is 0 Å². The first-order chi connectivity index (χ1) is 9.42. The number of esters is 1. The summed E-state index contributed by atoms with van der Waals surface area (Å²) in [5.41, 5.74) is 0.188. The molecule has 7 nitrogen and oxygen atoms in total. The molecule has 0 aliphatic carbocycles. The van der Waals surface area contributed by atoms with Gasteiger partial charge in [0.1, 0.15) is 18.0 Å². The Morgan fingerprint density at radius 2 is 2.00 bits per heavy atom. The predicted octanol–water partition coefficient (Wildman–Crippen LogP) is 2.16. The van der Waals surface area contributed by atoms with Gasteiger partial charge in [0.2, 0.25) is 0 Å². The van der Waals surface area contributed by atoms with E-state index in [9.17, 15) is 4.79 Å². The van der Waals surface area contributed by atoms with E-state index in [2.05, 4.69) is 10.5 Å². The number of carbonyl (C=O) groups excluding carboxylic acids is 1. The van der Waals surface area contributed by atoms with Crippen LogP contribution >= 0.6 is 0 Å². The van der Waals surface area contributed by atoms with Crippen molar-refractivity contribution in [2.45, 2.75) is 33.0 Å². The first-order valence-corrected chi connectivity index (χ1v) is 6.07. The molecule has 1 aromatic rings. The summed E-state index contributed by atoms with van der Waals surface area (Å²) >= 11 is 0. The number of para-hydroxylation sites is 1. The summed E-state index contributed by atoms with van der Waals surface area (Å²) in [5.74, 6) is 4.91. The van der Waals surface area contributed by atoms with Crippen LogP contribution in [0.25, 0.3) is 0 Å². The van der Waals surface area contributed by atoms with Crippen molar-refractivity contribution in [1.82, 2.24) is 0 Å². The lowest BCUT2D eigenvalue weighted by atomic mass is 10.2. The normalized spacial score (nSPS) is 11.3. The maximum Gasteiger partial charge on any atom is 0.344 e. The van der Waals surface area contributed by atoms with E-state index in [1.54, 1.807) is 39.0 Å². The Labute approximate surface area is 117 Å². The molecule has 0 heterocycles. The van der Waals surface area contributed by atoms with Gasteiger partial charge in [-0.2, -0.15) is 0 Å². The Morgan fingerprint density at radius 3 is 2.65 bits per heavy atom. The van der Waals surface area contributed by atoms with Gasteiger partial charge in [-0.25, -0.2) is 4.79 Å². The monoisotopic (exact) mass is 281 g/mol. The highest BCUT2D eigenvalue weighted by molar-refractivity contribution is 5.71. The van der Waals surface area contributed by atoms with Crippen LogP contribution in [-0.4, -0.2) is 18.2 Å². The largest absolute Gasteiger partial charge is 0.481 e. The van der Waals surface area contributed by atoms with Crippen molar-refractivity contribution < 1.29 is 19.1 Å². The third-order valence-corrected chi connectivity index (χ3v) is 2.06. The van der Waals surface area contributed by atoms with E-state index in [4.69, 9.17) is 20.2 Å². The van der Waals surface area contributed by atoms with Crippen LogP contribution in [0.3, 0.4) is 0 Å². The first kappa shape index (κ1) is 15.7. The van der Waals surface area contributed by atoms with E-state index >= 15 is 0 Å². The molecule has 1 rings (SSSR count). The molecule has 110 valence electrons. The summed E-state index contributed by atoms with van der Waals surface area (Å²) in [6, 6.07) is 7.12. The number of rotatable bonds is 6. The lowest BCUT2D eigenvalue weighted by molar-refractivity contribution is -0.157. The molecule has 7 heteroatoms. The summed E-state index contributed by atoms with van der Waals surface area (Å²) in [4.78, 5) is 16.4. The van der Waals surface area contributed by atoms with Gasteiger partial charge in [-0.05, 0) is 32.1 Å². The minimum Gasteiger partial charge on any atom is -0.481 e. The summed E-state index contributed by atoms with van der Waals surface area (Å²) in [6.07, 6.45) is 0. The molecule has 0 spiro atoms. The van der Waals surface area contributed by atoms with Gasteiger partial charge < -0.3 is 20.2 Å². The maximum atomic E-state index is 11.6. The van der Waals surface area contributed by atoms with Crippen molar-refractivity contribution in [2.24, 2.45) is 16.3 Å². The second kappa shape index (κ2) is 7.32. The Bertz CT molecular complexity index is 469. The van der Waals surface area contributed by atoms with E-state index in [1.165, 1.54) is 0 Å². The molecule has 0 amide bonds. The average molecular weight is 281 g/mol. The highest BCUT2D eigenvalue weighted by Crippen LogP contribution is 2.19. The second-order valence-electron chi connectivity index (χ2n) is 4.95. The van der Waals surface area contributed by atoms with Gasteiger partial charge in [0.15, 0.2) is 6.61 Å². The lowest BCUT2D eigenvalue weighted by Gasteiger charge is -2.19. The van der Waals surface area contributed by atoms with Crippen LogP contribution in [0.1, 0.15) is 26.3 Å². The van der Waals surface area contributed by atoms with Crippen molar-refractivity contribution in [3.05, 3.63) is 29.8 Å². The van der Waals surface area contributed by atoms with Crippen LogP contribution in [0.4, 0.5) is 0 Å². The molecular formula is C13H19N3O4. The molecule has 0 aliphatic rings. The highest BCUT2D eigenvalue weighted by Gasteiger charge is 2.17. The van der Waals surface area contributed by atoms with E-state index in [0.29, 0.717) is 5.75 Å². The molecule has 0 fully saturated rings. The fourth-order valence-corrected chi connectivity index (χ4v) is 1.40. The van der Waals surface area contributed by atoms with Crippen molar-refractivity contribution in [3.8, 4) is 5.75 Å². The lowest BCUT2D eigenvalue weighted by Crippen LogP contribution is -2.27. The molecule has 0 saturated heterocycles. The number of ether oxygens (including phenoxy) is 2. The molecule has 20 heavy (non-hydrogen) atoms. The van der Waals surface area contributed by atoms with Gasteiger partial charge in [0.25, 0.3) is 0 Å². The van der Waals surface area contributed by atoms with Gasteiger partial charge in [0.05, 0.1) is 0 Å². The Balaban J connectivity index is 2.57. The van der Waals surface area contributed by atoms with Crippen LogP contribution in [0.5, 0.6) is 5.75 Å². The number of benzene rings is 1. The molecule has 0 aliphatic heterocycles. The van der Waals surface area contributed by atoms with Crippen LogP contribution < -0.4 is 10.6 Å². The minimum absolute atomic E-state index is 0.144. The Morgan fingerprint density at radius 1 is 1.30 bits per heavy atom. The topological polar surface area (TPSA) is 95.5 Å². The van der Waals surface area contributed by atoms with Crippen molar-refractivity contribution in [2.75, 3.05) is 6.61 Å². The zero-order valence-corrected chi connectivity index (χ0v) is 11.8. The molecule has 0 radical (unpaired) electrons. The predicted molar refractivity (Wildman–Crippen MR) is 71.6 cm³/mol. The second-order valence-corrected chi connectivity index (χ2v) is 4.95. The Kier molecular flexibility index (Phi) is 5.76. The summed E-state index contributed by atoms with van der Waals surface area (Å²) in [5, 5.41) is 6.19. The fourth-order valence-electron chi connectivity index (χ4n) is 1.40. The first-order valence-electron chi connectivity index (χ1n) is 6.07. The quantitative estimate of drug-likeness (QED) is 0.373. The number of carbonyl (C=O) groups is 1. The highest BCUT2D eigenvalue weighted by atomic mass is 16.6. The van der Waals surface area contributed by atoms with E-state index < -0.39 is 11.6 Å². The van der Waals surface area contributed by atoms with Crippen molar-refractivity contribution in [1.29, 1.82) is 0 Å². The van der Waals surface area contributed by atoms with Gasteiger partial charge in [-0.15, -0.1) is 0 Å². The third-order valence-electron chi connectivity index (χ3n) is 2.06. The van der Waals surface area contributed by atoms with E-state index in [-0.39, 0.29) is 13.2 Å². The number of hydrogen-bond acceptors (Lipinski definition) is 6. The van der Waals surface area contributed by atoms with Crippen LogP contribution in [0, 0.1) is 0 Å². The van der Waals surface area contributed by atoms with Gasteiger partial charge in [0, 0.05) is 10.8 Å². The molecule has 0 saturated carbocycles. The number of nitrogens with zero attached hydrogens (tertiary/aromatic N) is 2. The van der Waals surface area contributed by atoms with Crippen molar-refractivity contribution >= 4 is 5.97 Å². The SMILES string of the molecule is CC(C)(C)OC(=O)COc1ccccc1CON=NN. The summed E-state index contributed by atoms with van der Waals surface area (Å²) in [6.45, 7) is 5.36. The van der Waals surface area contributed by atoms with E-state index in [0.717, 1.165) is 5.56 Å².